The third kappa shape index (κ3) is 3.62. The number of fused-ring (bicyclic) bond motifs is 2. The van der Waals surface area contributed by atoms with Crippen LogP contribution in [0.25, 0.3) is 33.3 Å². The number of nitrogens with zero attached hydrogens (tertiary/aromatic N) is 2. The zero-order valence-corrected chi connectivity index (χ0v) is 17.9. The molecular weight excluding hydrogens is 404 g/mol. The number of aromatic nitrogens is 3. The predicted molar refractivity (Wildman–Crippen MR) is 127 cm³/mol. The van der Waals surface area contributed by atoms with E-state index >= 15 is 0 Å². The number of nitrogens with one attached hydrogen (secondary N) is 3. The fourth-order valence-corrected chi connectivity index (χ4v) is 4.54. The van der Waals surface area contributed by atoms with E-state index in [4.69, 9.17) is 5.73 Å². The Morgan fingerprint density at radius 1 is 1.22 bits per heavy atom. The summed E-state index contributed by atoms with van der Waals surface area (Å²) in [6.45, 7) is 1.76. The molecule has 0 aliphatic carbocycles. The van der Waals surface area contributed by atoms with Crippen LogP contribution >= 0.6 is 0 Å². The van der Waals surface area contributed by atoms with Crippen molar-refractivity contribution in [3.63, 3.8) is 0 Å². The molecule has 1 aliphatic heterocycles. The number of hydrogen-bond donors (Lipinski definition) is 4. The van der Waals surface area contributed by atoms with Crippen molar-refractivity contribution in [1.29, 1.82) is 0 Å². The Hall–Kier alpha value is -3.65. The number of nitrogens with two attached hydrogens (primary N) is 1. The van der Waals surface area contributed by atoms with Gasteiger partial charge >= 0.3 is 0 Å². The van der Waals surface area contributed by atoms with Crippen LogP contribution in [0.1, 0.15) is 29.6 Å². The van der Waals surface area contributed by atoms with Crippen LogP contribution in [0.5, 0.6) is 0 Å². The second kappa shape index (κ2) is 8.12. The van der Waals surface area contributed by atoms with E-state index < -0.39 is 0 Å². The number of hydrogen-bond acceptors (Lipinski definition) is 5. The average molecular weight is 431 g/mol. The van der Waals surface area contributed by atoms with Crippen molar-refractivity contribution < 1.29 is 4.79 Å². The van der Waals surface area contributed by atoms with Crippen LogP contribution in [0.2, 0.25) is 0 Å². The third-order valence-electron chi connectivity index (χ3n) is 6.37. The highest BCUT2D eigenvalue weighted by atomic mass is 16.1. The van der Waals surface area contributed by atoms with Crippen molar-refractivity contribution in [3.8, 4) is 11.4 Å². The molecule has 3 heterocycles. The standard InChI is InChI=1S/C24H26N6O2/c1-30-12-4-5-15(30)10-11-26-23(31)14-8-9-17-16(13-14)20(25)21(27-17)22-24(32)29-19-7-3-2-6-18(19)28-22/h2-3,6-9,13,15,27H,4-5,10-12,25H2,1H3,(H,26,31)(H,29,32). The molecule has 5 N–H and O–H groups in total. The summed E-state index contributed by atoms with van der Waals surface area (Å²) in [5.41, 5.74) is 9.77. The van der Waals surface area contributed by atoms with Crippen molar-refractivity contribution in [3.05, 3.63) is 58.4 Å². The first-order valence-electron chi connectivity index (χ1n) is 10.9. The fraction of sp³-hybridized carbons (Fsp3) is 0.292. The molecule has 8 heteroatoms. The third-order valence-corrected chi connectivity index (χ3v) is 6.37. The molecule has 2 aromatic heterocycles. The average Bonchev–Trinajstić information content (AvgIpc) is 3.35. The molecule has 32 heavy (non-hydrogen) atoms. The van der Waals surface area contributed by atoms with Gasteiger partial charge in [-0.25, -0.2) is 4.98 Å². The van der Waals surface area contributed by atoms with Gasteiger partial charge in [0.05, 0.1) is 22.4 Å². The van der Waals surface area contributed by atoms with E-state index in [0.717, 1.165) is 18.5 Å². The summed E-state index contributed by atoms with van der Waals surface area (Å²) in [5.74, 6) is -0.128. The zero-order chi connectivity index (χ0) is 22.2. The second-order valence-electron chi connectivity index (χ2n) is 8.43. The van der Waals surface area contributed by atoms with Gasteiger partial charge in [0.25, 0.3) is 11.5 Å². The van der Waals surface area contributed by atoms with E-state index in [1.807, 2.05) is 24.3 Å². The van der Waals surface area contributed by atoms with Gasteiger partial charge in [0.15, 0.2) is 5.69 Å². The molecule has 164 valence electrons. The summed E-state index contributed by atoms with van der Waals surface area (Å²) in [6.07, 6.45) is 3.34. The molecule has 0 bridgehead atoms. The Kier molecular flexibility index (Phi) is 5.14. The van der Waals surface area contributed by atoms with E-state index in [9.17, 15) is 9.59 Å². The van der Waals surface area contributed by atoms with Gasteiger partial charge in [-0.15, -0.1) is 0 Å². The highest BCUT2D eigenvalue weighted by molar-refractivity contribution is 6.04. The Morgan fingerprint density at radius 2 is 2.06 bits per heavy atom. The number of carbonyl (C=O) groups excluding carboxylic acids is 1. The first-order valence-corrected chi connectivity index (χ1v) is 10.9. The highest BCUT2D eigenvalue weighted by Crippen LogP contribution is 2.31. The predicted octanol–water partition coefficient (Wildman–Crippen LogP) is 2.87. The monoisotopic (exact) mass is 430 g/mol. The number of para-hydroxylation sites is 2. The molecule has 1 unspecified atom stereocenters. The Morgan fingerprint density at radius 3 is 2.88 bits per heavy atom. The van der Waals surface area contributed by atoms with Gasteiger partial charge in [0, 0.05) is 29.1 Å². The Balaban J connectivity index is 1.41. The van der Waals surface area contributed by atoms with E-state index in [1.54, 1.807) is 18.2 Å². The molecule has 0 radical (unpaired) electrons. The first-order chi connectivity index (χ1) is 15.5. The van der Waals surface area contributed by atoms with Crippen LogP contribution in [0.4, 0.5) is 5.69 Å². The van der Waals surface area contributed by atoms with Gasteiger partial charge in [-0.1, -0.05) is 12.1 Å². The van der Waals surface area contributed by atoms with E-state index in [1.165, 1.54) is 12.8 Å². The molecule has 1 amide bonds. The highest BCUT2D eigenvalue weighted by Gasteiger charge is 2.21. The fourth-order valence-electron chi connectivity index (χ4n) is 4.54. The lowest BCUT2D eigenvalue weighted by atomic mass is 10.1. The molecule has 5 rings (SSSR count). The number of aromatic amines is 2. The summed E-state index contributed by atoms with van der Waals surface area (Å²) in [4.78, 5) is 38.2. The van der Waals surface area contributed by atoms with Gasteiger partial charge in [0.2, 0.25) is 0 Å². The molecule has 1 saturated heterocycles. The number of likely N-dealkylation sites (tertiary alicyclic amines) is 1. The summed E-state index contributed by atoms with van der Waals surface area (Å²) in [7, 11) is 2.13. The normalized spacial score (nSPS) is 16.7. The number of rotatable bonds is 5. The lowest BCUT2D eigenvalue weighted by molar-refractivity contribution is 0.0950. The Labute approximate surface area is 184 Å². The number of benzene rings is 2. The summed E-state index contributed by atoms with van der Waals surface area (Å²) in [6, 6.07) is 13.2. The minimum atomic E-state index is -0.322. The van der Waals surface area contributed by atoms with Crippen LogP contribution in [-0.2, 0) is 0 Å². The number of nitrogen functional groups attached to an aromatic ring is 1. The van der Waals surface area contributed by atoms with Crippen LogP contribution in [0.3, 0.4) is 0 Å². The van der Waals surface area contributed by atoms with E-state index in [2.05, 4.69) is 32.2 Å². The number of amides is 1. The lowest BCUT2D eigenvalue weighted by Gasteiger charge is -2.19. The van der Waals surface area contributed by atoms with Crippen molar-refractivity contribution in [2.24, 2.45) is 0 Å². The van der Waals surface area contributed by atoms with Crippen molar-refractivity contribution in [2.45, 2.75) is 25.3 Å². The van der Waals surface area contributed by atoms with Crippen molar-refractivity contribution in [1.82, 2.24) is 25.2 Å². The summed E-state index contributed by atoms with van der Waals surface area (Å²) in [5, 5.41) is 3.71. The van der Waals surface area contributed by atoms with E-state index in [0.29, 0.717) is 46.0 Å². The maximum absolute atomic E-state index is 12.7. The smallest absolute Gasteiger partial charge is 0.276 e. The van der Waals surface area contributed by atoms with Gasteiger partial charge in [-0.2, -0.15) is 0 Å². The first kappa shape index (κ1) is 20.3. The van der Waals surface area contributed by atoms with Gasteiger partial charge in [-0.05, 0) is 63.2 Å². The van der Waals surface area contributed by atoms with Crippen LogP contribution in [0.15, 0.2) is 47.3 Å². The minimum Gasteiger partial charge on any atom is -0.396 e. The van der Waals surface area contributed by atoms with Crippen LogP contribution in [0, 0.1) is 0 Å². The topological polar surface area (TPSA) is 120 Å². The van der Waals surface area contributed by atoms with Gasteiger partial charge in [0.1, 0.15) is 0 Å². The molecule has 8 nitrogen and oxygen atoms in total. The molecule has 1 fully saturated rings. The minimum absolute atomic E-state index is 0.128. The molecule has 0 saturated carbocycles. The Bertz CT molecular complexity index is 1370. The molecule has 4 aromatic rings. The zero-order valence-electron chi connectivity index (χ0n) is 17.9. The lowest BCUT2D eigenvalue weighted by Crippen LogP contribution is -2.31. The van der Waals surface area contributed by atoms with Crippen LogP contribution in [-0.4, -0.2) is 51.9 Å². The number of anilines is 1. The number of carbonyl (C=O) groups is 1. The van der Waals surface area contributed by atoms with Gasteiger partial charge < -0.3 is 25.9 Å². The van der Waals surface area contributed by atoms with Crippen molar-refractivity contribution in [2.75, 3.05) is 25.9 Å². The summed E-state index contributed by atoms with van der Waals surface area (Å²) >= 11 is 0. The van der Waals surface area contributed by atoms with Crippen molar-refractivity contribution >= 4 is 33.5 Å². The molecule has 1 atom stereocenters. The second-order valence-corrected chi connectivity index (χ2v) is 8.43. The molecule has 1 aliphatic rings. The van der Waals surface area contributed by atoms with Gasteiger partial charge in [-0.3, -0.25) is 9.59 Å². The van der Waals surface area contributed by atoms with Crippen LogP contribution < -0.4 is 16.6 Å². The maximum atomic E-state index is 12.7. The maximum Gasteiger partial charge on any atom is 0.276 e. The summed E-state index contributed by atoms with van der Waals surface area (Å²) < 4.78 is 0. The SMILES string of the molecule is CN1CCCC1CCNC(=O)c1ccc2[nH]c(-c3nc4ccccc4[nH]c3=O)c(N)c2c1. The largest absolute Gasteiger partial charge is 0.396 e. The molecule has 0 spiro atoms. The quantitative estimate of drug-likeness (QED) is 0.388. The van der Waals surface area contributed by atoms with E-state index in [-0.39, 0.29) is 17.2 Å². The molecular formula is C24H26N6O2. The molecule has 2 aromatic carbocycles. The number of H-pyrrole nitrogens is 2.